The molecule has 2 atom stereocenters. The third kappa shape index (κ3) is 19.6. The number of carboxylic acids is 1. The van der Waals surface area contributed by atoms with Gasteiger partial charge >= 0.3 is 5.97 Å². The number of aliphatic carboxylic acids is 1. The molecule has 11 amide bonds. The molecule has 0 aliphatic carbocycles. The number of para-hydroxylation sites is 2. The minimum atomic E-state index is -1.12. The molecule has 8 heterocycles. The van der Waals surface area contributed by atoms with Crippen molar-refractivity contribution in [3.63, 3.8) is 0 Å². The lowest BCUT2D eigenvalue weighted by atomic mass is 9.99. The Balaban J connectivity index is 0.000000186. The number of pyridine rings is 4. The van der Waals surface area contributed by atoms with Crippen LogP contribution >= 0.6 is 0 Å². The van der Waals surface area contributed by atoms with E-state index in [4.69, 9.17) is 21.7 Å². The SMILES string of the molecule is CNC(=O)c1cnc2ccc(-c3ccc(OCCCCN)nc3)cc2c1Nc1ccccc1.CNC(=O)c1cnc2ccc(-c3ccc(OCCCCNC(=O)CCc4cccc5c4C(=O)N(C4CCC(=O)NC4=O)C5=O)nc3)cc2c1Nc1ccccc1.O=C(O)CNc1cccc2c1C(=O)N(C1CCC(=O)NC1=O)C2=O.[2H]CF. The Kier molecular flexibility index (Phi) is 27.0. The summed E-state index contributed by atoms with van der Waals surface area (Å²) in [4.78, 5) is 167. The quantitative estimate of drug-likeness (QED) is 0.0169. The fourth-order valence-corrected chi connectivity index (χ4v) is 13.2. The average molecular weight is 1560 g/mol. The molecule has 0 spiro atoms. The first-order chi connectivity index (χ1) is 56.2. The lowest BCUT2D eigenvalue weighted by molar-refractivity contribution is -0.137. The number of hydrogen-bond acceptors (Lipinski definition) is 22. The first-order valence-corrected chi connectivity index (χ1v) is 36.8. The monoisotopic (exact) mass is 1560 g/mol. The van der Waals surface area contributed by atoms with Crippen LogP contribution in [0.25, 0.3) is 44.1 Å². The highest BCUT2D eigenvalue weighted by Gasteiger charge is 2.47. The molecule has 2 fully saturated rings. The molecule has 115 heavy (non-hydrogen) atoms. The lowest BCUT2D eigenvalue weighted by Gasteiger charge is -2.27. The van der Waals surface area contributed by atoms with Gasteiger partial charge in [0.05, 0.1) is 77.5 Å². The number of imide groups is 4. The molecule has 30 nitrogen and oxygen atoms in total. The number of carboxylic acid groups (broad SMARTS) is 1. The van der Waals surface area contributed by atoms with E-state index in [0.717, 1.165) is 78.1 Å². The molecule has 2 saturated heterocycles. The second-order valence-electron chi connectivity index (χ2n) is 26.4. The van der Waals surface area contributed by atoms with Gasteiger partial charge in [-0.1, -0.05) is 66.7 Å². The van der Waals surface area contributed by atoms with Crippen LogP contribution in [0.1, 0.15) is 127 Å². The van der Waals surface area contributed by atoms with Crippen LogP contribution in [0.4, 0.5) is 32.8 Å². The first-order valence-electron chi connectivity index (χ1n) is 37.5. The van der Waals surface area contributed by atoms with E-state index in [-0.39, 0.29) is 84.2 Å². The number of amides is 11. The van der Waals surface area contributed by atoms with Crippen LogP contribution in [0.2, 0.25) is 0 Å². The predicted octanol–water partition coefficient (Wildman–Crippen LogP) is 9.40. The van der Waals surface area contributed by atoms with Crippen molar-refractivity contribution in [1.82, 2.24) is 56.3 Å². The number of anilines is 5. The van der Waals surface area contributed by atoms with E-state index in [1.165, 1.54) is 24.3 Å². The van der Waals surface area contributed by atoms with Crippen molar-refractivity contribution < 1.29 is 77.9 Å². The number of piperidine rings is 2. The van der Waals surface area contributed by atoms with E-state index >= 15 is 0 Å². The van der Waals surface area contributed by atoms with Crippen LogP contribution in [-0.4, -0.2) is 172 Å². The average Bonchev–Trinajstić information content (AvgIpc) is 1.56. The molecule has 4 aromatic heterocycles. The summed E-state index contributed by atoms with van der Waals surface area (Å²) < 4.78 is 27.0. The van der Waals surface area contributed by atoms with Crippen molar-refractivity contribution >= 4 is 121 Å². The molecular formula is C84H82FN15O15. The molecule has 0 radical (unpaired) electrons. The van der Waals surface area contributed by atoms with E-state index in [2.05, 4.69) is 62.5 Å². The molecule has 6 aromatic carbocycles. The van der Waals surface area contributed by atoms with E-state index in [0.29, 0.717) is 79.0 Å². The van der Waals surface area contributed by atoms with Crippen molar-refractivity contribution in [2.24, 2.45) is 5.73 Å². The van der Waals surface area contributed by atoms with Gasteiger partial charge in [-0.15, -0.1) is 0 Å². The third-order valence-corrected chi connectivity index (χ3v) is 19.0. The van der Waals surface area contributed by atoms with Crippen molar-refractivity contribution in [2.45, 2.75) is 76.3 Å². The summed E-state index contributed by atoms with van der Waals surface area (Å²) in [5.74, 6) is -5.44. The van der Waals surface area contributed by atoms with Gasteiger partial charge in [0.2, 0.25) is 41.3 Å². The van der Waals surface area contributed by atoms with Crippen LogP contribution in [0.5, 0.6) is 11.8 Å². The number of rotatable bonds is 27. The van der Waals surface area contributed by atoms with Crippen LogP contribution in [0.3, 0.4) is 0 Å². The van der Waals surface area contributed by atoms with Gasteiger partial charge in [0.1, 0.15) is 18.6 Å². The number of benzene rings is 6. The Morgan fingerprint density at radius 2 is 1.03 bits per heavy atom. The van der Waals surface area contributed by atoms with E-state index in [9.17, 15) is 61.9 Å². The summed E-state index contributed by atoms with van der Waals surface area (Å²) in [6, 6.07) is 46.0. The number of hydrogen-bond donors (Lipinski definition) is 10. The smallest absolute Gasteiger partial charge is 0.322 e. The van der Waals surface area contributed by atoms with E-state index < -0.39 is 79.0 Å². The van der Waals surface area contributed by atoms with Crippen molar-refractivity contribution in [3.8, 4) is 34.0 Å². The van der Waals surface area contributed by atoms with Crippen molar-refractivity contribution in [3.05, 3.63) is 221 Å². The maximum atomic E-state index is 13.3. The summed E-state index contributed by atoms with van der Waals surface area (Å²) >= 11 is 0. The molecule has 0 bridgehead atoms. The largest absolute Gasteiger partial charge is 0.480 e. The summed E-state index contributed by atoms with van der Waals surface area (Å²) in [5, 5.41) is 32.4. The Morgan fingerprint density at radius 1 is 0.557 bits per heavy atom. The molecule has 31 heteroatoms. The minimum Gasteiger partial charge on any atom is -0.480 e. The molecule has 4 aliphatic heterocycles. The van der Waals surface area contributed by atoms with Crippen LogP contribution in [-0.2, 0) is 35.2 Å². The molecule has 10 aromatic rings. The number of aromatic nitrogens is 4. The van der Waals surface area contributed by atoms with Gasteiger partial charge in [0.15, 0.2) is 0 Å². The molecule has 14 rings (SSSR count). The number of fused-ring (bicyclic) bond motifs is 4. The third-order valence-electron chi connectivity index (χ3n) is 19.0. The van der Waals surface area contributed by atoms with Gasteiger partial charge < -0.3 is 52.2 Å². The molecule has 590 valence electrons. The summed E-state index contributed by atoms with van der Waals surface area (Å²) in [6.45, 7) is 1.67. The van der Waals surface area contributed by atoms with Gasteiger partial charge in [-0.05, 0) is 147 Å². The standard InChI is InChI=1S/C42H39N7O7.C26H27N5O2.C15H13N3O6.CH3F/c1-43-39(52)31-24-45-32-15-12-26(22-30(32)38(31)47-28-9-3-2-4-10-28)27-14-19-36(46-23-27)56-21-6-5-20-44-34(50)17-13-25-8-7-11-29-37(25)42(55)49(41(29)54)33-16-18-35(51)48-40(33)53;1-28-26(32)22-17-29-23-11-9-18(15-21(23)25(22)31-20-7-3-2-4-8-20)19-10-12-24(30-16-19)33-14-6-5-13-27;19-10-5-4-9(13(22)17-10)18-14(23)7-2-1-3-8(12(7)15(18)24)16-6-11(20)21;1-2/h2-4,7-12,14-15,19,22-24,33H,5-6,13,16-18,20-21H2,1H3,(H,43,52)(H,44,50)(H,45,47)(H,48,51,53);2-4,7-12,15-17H,5-6,13-14,27H2,1H3,(H,28,32)(H,29,31);1-3,9,16H,4-6H2,(H,20,21)(H,17,19,22);1H3/i;;;1D. The zero-order valence-corrected chi connectivity index (χ0v) is 62.6. The van der Waals surface area contributed by atoms with Crippen molar-refractivity contribution in [2.75, 3.05) is 70.0 Å². The predicted molar refractivity (Wildman–Crippen MR) is 425 cm³/mol. The van der Waals surface area contributed by atoms with Gasteiger partial charge in [-0.3, -0.25) is 92.3 Å². The topological polar surface area (TPSA) is 424 Å². The first kappa shape index (κ1) is 80.3. The number of nitrogens with one attached hydrogen (secondary N) is 8. The molecule has 0 saturated carbocycles. The van der Waals surface area contributed by atoms with Crippen LogP contribution in [0, 0.1) is 0 Å². The number of unbranched alkanes of at least 4 members (excludes halogenated alkanes) is 2. The summed E-state index contributed by atoms with van der Waals surface area (Å²) in [5.41, 5.74) is 16.0. The number of nitrogens with zero attached hydrogens (tertiary/aromatic N) is 6. The number of halogens is 1. The summed E-state index contributed by atoms with van der Waals surface area (Å²) in [6.07, 6.45) is 10.4. The highest BCUT2D eigenvalue weighted by atomic mass is 19.1. The van der Waals surface area contributed by atoms with E-state index in [1.54, 1.807) is 57.1 Å². The maximum absolute atomic E-state index is 13.3. The van der Waals surface area contributed by atoms with Crippen LogP contribution in [0.15, 0.2) is 183 Å². The number of alkyl halides is 1. The fourth-order valence-electron chi connectivity index (χ4n) is 13.2. The molecular weight excluding hydrogens is 1480 g/mol. The molecule has 4 aliphatic rings. The fraction of sp³-hybridized carbons (Fsp3) is 0.238. The maximum Gasteiger partial charge on any atom is 0.322 e. The number of nitrogens with two attached hydrogens (primary N) is 1. The van der Waals surface area contributed by atoms with Crippen LogP contribution < -0.4 is 57.7 Å². The van der Waals surface area contributed by atoms with Crippen molar-refractivity contribution in [1.29, 1.82) is 0 Å². The zero-order valence-electron chi connectivity index (χ0n) is 63.6. The number of ether oxygens (including phenoxy) is 2. The van der Waals surface area contributed by atoms with Gasteiger partial charge in [-0.25, -0.2) is 9.97 Å². The highest BCUT2D eigenvalue weighted by Crippen LogP contribution is 2.38. The highest BCUT2D eigenvalue weighted by molar-refractivity contribution is 6.26. The Morgan fingerprint density at radius 3 is 1.49 bits per heavy atom. The second kappa shape index (κ2) is 38.6. The van der Waals surface area contributed by atoms with Gasteiger partial charge in [0, 0.05) is 116 Å². The van der Waals surface area contributed by atoms with E-state index in [1.807, 2.05) is 115 Å². The van der Waals surface area contributed by atoms with Gasteiger partial charge in [0.25, 0.3) is 35.4 Å². The lowest BCUT2D eigenvalue weighted by Crippen LogP contribution is -2.54. The second-order valence-corrected chi connectivity index (χ2v) is 26.4. The Bertz CT molecular complexity index is 5380. The normalized spacial score (nSPS) is 14.7. The number of carbonyl (C=O) groups excluding carboxylic acids is 11. The Hall–Kier alpha value is -14.2. The molecule has 2 unspecified atom stereocenters. The molecule has 11 N–H and O–H groups in total. The number of carbonyl (C=O) groups is 12. The number of aryl methyl sites for hydroxylation is 1. The Labute approximate surface area is 660 Å². The minimum absolute atomic E-state index is 0.0356. The van der Waals surface area contributed by atoms with Gasteiger partial charge in [-0.2, -0.15) is 0 Å². The summed E-state index contributed by atoms with van der Waals surface area (Å²) in [7, 11) is 2.20. The zero-order chi connectivity index (χ0) is 82.4.